The number of hydrogen-bond donors (Lipinski definition) is 0. The maximum Gasteiger partial charge on any atom is 0.365 e. The molecule has 88 valence electrons. The maximum atomic E-state index is 12.7. The van der Waals surface area contributed by atoms with Gasteiger partial charge in [0.25, 0.3) is 0 Å². The van der Waals surface area contributed by atoms with Crippen LogP contribution in [-0.4, -0.2) is 30.9 Å². The third-order valence-corrected chi connectivity index (χ3v) is 2.09. The monoisotopic (exact) mass is 234 g/mol. The van der Waals surface area contributed by atoms with Crippen molar-refractivity contribution in [3.8, 4) is 0 Å². The predicted octanol–water partition coefficient (Wildman–Crippen LogP) is 1.53. The molecule has 0 atom stereocenters. The molecule has 0 bridgehead atoms. The van der Waals surface area contributed by atoms with Crippen LogP contribution in [-0.2, 0) is 9.53 Å². The topological polar surface area (TPSA) is 41.9 Å². The summed E-state index contributed by atoms with van der Waals surface area (Å²) < 4.78 is 17.7. The lowest BCUT2D eigenvalue weighted by Crippen LogP contribution is -2.07. The maximum absolute atomic E-state index is 12.7. The number of carbonyl (C=O) groups is 1. The molecule has 5 heteroatoms. The van der Waals surface area contributed by atoms with Crippen molar-refractivity contribution in [2.45, 2.75) is 0 Å². The van der Waals surface area contributed by atoms with Gasteiger partial charge in [-0.25, -0.2) is 14.2 Å². The number of rotatable bonds is 2. The molecule has 0 saturated carbocycles. The number of nitrogens with zero attached hydrogens (tertiary/aromatic N) is 2. The molecule has 0 unspecified atom stereocenters. The highest BCUT2D eigenvalue weighted by Crippen LogP contribution is 2.16. The minimum absolute atomic E-state index is 0.197. The number of aliphatic imine (C=N–C) groups is 1. The Bertz CT molecular complexity index is 504. The van der Waals surface area contributed by atoms with Crippen molar-refractivity contribution in [1.82, 2.24) is 4.90 Å². The Kier molecular flexibility index (Phi) is 2.91. The van der Waals surface area contributed by atoms with Crippen molar-refractivity contribution in [2.75, 3.05) is 14.1 Å². The molecule has 0 saturated heterocycles. The SMILES string of the molecule is CN(C)C=C1N=C(c2ccc(F)cc2)OC1=O. The van der Waals surface area contributed by atoms with E-state index in [1.165, 1.54) is 24.3 Å². The molecule has 1 aromatic carbocycles. The second-order valence-corrected chi connectivity index (χ2v) is 3.79. The lowest BCUT2D eigenvalue weighted by Gasteiger charge is -2.02. The van der Waals surface area contributed by atoms with Crippen molar-refractivity contribution >= 4 is 11.9 Å². The Morgan fingerprint density at radius 1 is 1.29 bits per heavy atom. The second kappa shape index (κ2) is 4.37. The number of benzene rings is 1. The average Bonchev–Trinajstić information content (AvgIpc) is 2.60. The minimum Gasteiger partial charge on any atom is -0.402 e. The highest BCUT2D eigenvalue weighted by molar-refractivity contribution is 6.11. The van der Waals surface area contributed by atoms with E-state index in [0.717, 1.165) is 0 Å². The van der Waals surface area contributed by atoms with Crippen LogP contribution in [0.25, 0.3) is 0 Å². The fourth-order valence-corrected chi connectivity index (χ4v) is 1.36. The van der Waals surface area contributed by atoms with E-state index >= 15 is 0 Å². The lowest BCUT2D eigenvalue weighted by atomic mass is 10.2. The van der Waals surface area contributed by atoms with E-state index in [-0.39, 0.29) is 17.4 Å². The standard InChI is InChI=1S/C12H11FN2O2/c1-15(2)7-10-12(16)17-11(14-10)8-3-5-9(13)6-4-8/h3-7H,1-2H3. The van der Waals surface area contributed by atoms with Crippen LogP contribution in [0.2, 0.25) is 0 Å². The Balaban J connectivity index is 2.30. The third kappa shape index (κ3) is 2.50. The van der Waals surface area contributed by atoms with Gasteiger partial charge < -0.3 is 9.64 Å². The van der Waals surface area contributed by atoms with Gasteiger partial charge in [-0.05, 0) is 24.3 Å². The first-order valence-corrected chi connectivity index (χ1v) is 5.01. The van der Waals surface area contributed by atoms with E-state index in [9.17, 15) is 9.18 Å². The summed E-state index contributed by atoms with van der Waals surface area (Å²) in [5.74, 6) is -0.649. The zero-order valence-electron chi connectivity index (χ0n) is 9.48. The fourth-order valence-electron chi connectivity index (χ4n) is 1.36. The van der Waals surface area contributed by atoms with E-state index in [0.29, 0.717) is 5.56 Å². The van der Waals surface area contributed by atoms with Crippen molar-refractivity contribution in [1.29, 1.82) is 0 Å². The van der Waals surface area contributed by atoms with E-state index in [1.54, 1.807) is 25.2 Å². The first-order chi connectivity index (χ1) is 8.06. The van der Waals surface area contributed by atoms with Gasteiger partial charge in [0.15, 0.2) is 5.70 Å². The van der Waals surface area contributed by atoms with Crippen LogP contribution in [0.3, 0.4) is 0 Å². The zero-order valence-corrected chi connectivity index (χ0v) is 9.48. The summed E-state index contributed by atoms with van der Waals surface area (Å²) in [4.78, 5) is 17.2. The molecule has 1 aromatic rings. The summed E-state index contributed by atoms with van der Waals surface area (Å²) >= 11 is 0. The van der Waals surface area contributed by atoms with E-state index < -0.39 is 5.97 Å². The Labute approximate surface area is 98.0 Å². The Morgan fingerprint density at radius 3 is 2.53 bits per heavy atom. The number of cyclic esters (lactones) is 1. The largest absolute Gasteiger partial charge is 0.402 e. The zero-order chi connectivity index (χ0) is 12.4. The summed E-state index contributed by atoms with van der Waals surface area (Å²) in [6.07, 6.45) is 1.57. The molecule has 4 nitrogen and oxygen atoms in total. The number of ether oxygens (including phenoxy) is 1. The van der Waals surface area contributed by atoms with Crippen molar-refractivity contribution < 1.29 is 13.9 Å². The molecule has 17 heavy (non-hydrogen) atoms. The van der Waals surface area contributed by atoms with Crippen molar-refractivity contribution in [3.05, 3.63) is 47.5 Å². The minimum atomic E-state index is -0.502. The number of esters is 1. The molecule has 1 heterocycles. The van der Waals surface area contributed by atoms with Crippen LogP contribution >= 0.6 is 0 Å². The molecule has 0 fully saturated rings. The molecule has 0 radical (unpaired) electrons. The lowest BCUT2D eigenvalue weighted by molar-refractivity contribution is -0.130. The highest BCUT2D eigenvalue weighted by atomic mass is 19.1. The molecule has 1 aliphatic heterocycles. The summed E-state index contributed by atoms with van der Waals surface area (Å²) in [6, 6.07) is 5.61. The summed E-state index contributed by atoms with van der Waals surface area (Å²) in [5.41, 5.74) is 0.802. The third-order valence-electron chi connectivity index (χ3n) is 2.09. The summed E-state index contributed by atoms with van der Waals surface area (Å²) in [7, 11) is 3.57. The normalized spacial score (nSPS) is 17.0. The fraction of sp³-hybridized carbons (Fsp3) is 0.167. The van der Waals surface area contributed by atoms with Gasteiger partial charge in [0.2, 0.25) is 5.90 Å². The summed E-state index contributed by atoms with van der Waals surface area (Å²) in [5, 5.41) is 0. The van der Waals surface area contributed by atoms with E-state index in [2.05, 4.69) is 4.99 Å². The van der Waals surface area contributed by atoms with Crippen LogP contribution in [0.5, 0.6) is 0 Å². The number of halogens is 1. The van der Waals surface area contributed by atoms with Gasteiger partial charge in [-0.1, -0.05) is 0 Å². The molecule has 1 aliphatic rings. The van der Waals surface area contributed by atoms with Gasteiger partial charge in [0.1, 0.15) is 5.82 Å². The predicted molar refractivity (Wildman–Crippen MR) is 60.8 cm³/mol. The van der Waals surface area contributed by atoms with Crippen LogP contribution in [0.4, 0.5) is 4.39 Å². The summed E-state index contributed by atoms with van der Waals surface area (Å²) in [6.45, 7) is 0. The van der Waals surface area contributed by atoms with Gasteiger partial charge in [0, 0.05) is 25.9 Å². The molecule has 0 aliphatic carbocycles. The Hall–Kier alpha value is -2.17. The van der Waals surface area contributed by atoms with Gasteiger partial charge in [-0.3, -0.25) is 0 Å². The second-order valence-electron chi connectivity index (χ2n) is 3.79. The van der Waals surface area contributed by atoms with Gasteiger partial charge in [-0.15, -0.1) is 0 Å². The molecule has 0 N–H and O–H groups in total. The first-order valence-electron chi connectivity index (χ1n) is 5.01. The van der Waals surface area contributed by atoms with E-state index in [1.807, 2.05) is 0 Å². The number of hydrogen-bond acceptors (Lipinski definition) is 4. The van der Waals surface area contributed by atoms with Gasteiger partial charge >= 0.3 is 5.97 Å². The molecule has 0 aromatic heterocycles. The Morgan fingerprint density at radius 2 is 1.94 bits per heavy atom. The van der Waals surface area contributed by atoms with Crippen LogP contribution in [0, 0.1) is 5.82 Å². The van der Waals surface area contributed by atoms with Crippen LogP contribution < -0.4 is 0 Å². The van der Waals surface area contributed by atoms with Gasteiger partial charge in [0.05, 0.1) is 0 Å². The molecular weight excluding hydrogens is 223 g/mol. The van der Waals surface area contributed by atoms with Crippen LogP contribution in [0.15, 0.2) is 41.2 Å². The van der Waals surface area contributed by atoms with E-state index in [4.69, 9.17) is 4.74 Å². The molecular formula is C12H11FN2O2. The first kappa shape index (κ1) is 11.3. The molecule has 0 spiro atoms. The smallest absolute Gasteiger partial charge is 0.365 e. The average molecular weight is 234 g/mol. The van der Waals surface area contributed by atoms with Crippen LogP contribution in [0.1, 0.15) is 5.56 Å². The molecule has 0 amide bonds. The number of carbonyl (C=O) groups excluding carboxylic acids is 1. The quantitative estimate of drug-likeness (QED) is 0.575. The molecule has 2 rings (SSSR count). The van der Waals surface area contributed by atoms with Crippen molar-refractivity contribution in [2.24, 2.45) is 4.99 Å². The van der Waals surface area contributed by atoms with Gasteiger partial charge in [-0.2, -0.15) is 0 Å². The highest BCUT2D eigenvalue weighted by Gasteiger charge is 2.24. The van der Waals surface area contributed by atoms with Crippen molar-refractivity contribution in [3.63, 3.8) is 0 Å².